The van der Waals surface area contributed by atoms with Gasteiger partial charge in [0.15, 0.2) is 0 Å². The fraction of sp³-hybridized carbons (Fsp3) is 0.625. The number of carboxylic acid groups (broad SMARTS) is 1. The van der Waals surface area contributed by atoms with Gasteiger partial charge in [-0.2, -0.15) is 0 Å². The molecule has 1 aliphatic rings. The van der Waals surface area contributed by atoms with Crippen molar-refractivity contribution >= 4 is 29.1 Å². The zero-order valence-corrected chi connectivity index (χ0v) is 15.1. The van der Waals surface area contributed by atoms with Gasteiger partial charge in [-0.25, -0.2) is 4.98 Å². The number of hydrogen-bond donors (Lipinski definition) is 1. The molecule has 0 aromatic carbocycles. The Morgan fingerprint density at radius 2 is 2.00 bits per heavy atom. The Morgan fingerprint density at radius 1 is 1.29 bits per heavy atom. The number of carboxylic acids is 1. The molecule has 0 aliphatic carbocycles. The Balaban J connectivity index is 2.06. The zero-order chi connectivity index (χ0) is 17.9. The first kappa shape index (κ1) is 18.4. The topological polar surface area (TPSA) is 90.8 Å². The van der Waals surface area contributed by atoms with Crippen molar-refractivity contribution in [3.05, 3.63) is 15.6 Å². The predicted octanol–water partition coefficient (Wildman–Crippen LogP) is 1.69. The molecule has 1 aromatic rings. The molecule has 0 radical (unpaired) electrons. The molecule has 1 saturated heterocycles. The lowest BCUT2D eigenvalue weighted by Gasteiger charge is -2.28. The molecule has 0 saturated carbocycles. The summed E-state index contributed by atoms with van der Waals surface area (Å²) in [6.07, 6.45) is 2.05. The van der Waals surface area contributed by atoms with Crippen LogP contribution in [0.3, 0.4) is 0 Å². The average Bonchev–Trinajstić information content (AvgIpc) is 2.71. The lowest BCUT2D eigenvalue weighted by molar-refractivity contribution is -0.145. The Labute approximate surface area is 145 Å². The molecule has 0 spiro atoms. The highest BCUT2D eigenvalue weighted by atomic mass is 32.1. The van der Waals surface area contributed by atoms with E-state index in [0.717, 1.165) is 17.1 Å². The summed E-state index contributed by atoms with van der Waals surface area (Å²) in [6.45, 7) is 5.94. The van der Waals surface area contributed by atoms with E-state index in [1.54, 1.807) is 4.90 Å². The van der Waals surface area contributed by atoms with Crippen LogP contribution in [-0.4, -0.2) is 63.4 Å². The molecule has 2 heterocycles. The first-order valence-corrected chi connectivity index (χ1v) is 8.83. The highest BCUT2D eigenvalue weighted by Gasteiger charge is 2.29. The van der Waals surface area contributed by atoms with Crippen molar-refractivity contribution in [3.63, 3.8) is 0 Å². The fourth-order valence-corrected chi connectivity index (χ4v) is 4.00. The van der Waals surface area contributed by atoms with Crippen molar-refractivity contribution in [2.24, 2.45) is 0 Å². The smallest absolute Gasteiger partial charge is 0.323 e. The van der Waals surface area contributed by atoms with E-state index in [4.69, 9.17) is 5.11 Å². The second-order valence-electron chi connectivity index (χ2n) is 6.07. The van der Waals surface area contributed by atoms with Gasteiger partial charge in [0, 0.05) is 26.1 Å². The number of likely N-dealkylation sites (tertiary alicyclic amines) is 1. The number of hydrogen-bond acceptors (Lipinski definition) is 5. The highest BCUT2D eigenvalue weighted by Crippen LogP contribution is 2.23. The molecule has 1 aliphatic heterocycles. The summed E-state index contributed by atoms with van der Waals surface area (Å²) < 4.78 is 0. The van der Waals surface area contributed by atoms with Crippen molar-refractivity contribution in [3.8, 4) is 0 Å². The number of rotatable bonds is 4. The van der Waals surface area contributed by atoms with Gasteiger partial charge in [0.2, 0.25) is 5.91 Å². The molecule has 132 valence electrons. The molecule has 8 heteroatoms. The molecular weight excluding hydrogens is 330 g/mol. The first-order chi connectivity index (χ1) is 11.3. The molecule has 0 unspecified atom stereocenters. The summed E-state index contributed by atoms with van der Waals surface area (Å²) in [6, 6.07) is -0.138. The Kier molecular flexibility index (Phi) is 5.93. The van der Waals surface area contributed by atoms with Crippen LogP contribution in [0.25, 0.3) is 0 Å². The maximum absolute atomic E-state index is 12.7. The monoisotopic (exact) mass is 353 g/mol. The number of aromatic nitrogens is 1. The normalized spacial score (nSPS) is 18.1. The van der Waals surface area contributed by atoms with E-state index in [1.165, 1.54) is 23.2 Å². The van der Waals surface area contributed by atoms with Crippen molar-refractivity contribution in [1.82, 2.24) is 14.8 Å². The van der Waals surface area contributed by atoms with Crippen molar-refractivity contribution in [2.75, 3.05) is 19.6 Å². The Hall–Kier alpha value is -1.96. The predicted molar refractivity (Wildman–Crippen MR) is 90.2 cm³/mol. The van der Waals surface area contributed by atoms with Crippen molar-refractivity contribution in [1.29, 1.82) is 0 Å². The van der Waals surface area contributed by atoms with Crippen LogP contribution in [0.15, 0.2) is 0 Å². The van der Waals surface area contributed by atoms with Crippen LogP contribution in [0.4, 0.5) is 0 Å². The zero-order valence-electron chi connectivity index (χ0n) is 14.2. The summed E-state index contributed by atoms with van der Waals surface area (Å²) in [5.74, 6) is -1.28. The minimum Gasteiger partial charge on any atom is -0.480 e. The number of carbonyl (C=O) groups is 3. The van der Waals surface area contributed by atoms with E-state index in [1.807, 2.05) is 13.8 Å². The van der Waals surface area contributed by atoms with Gasteiger partial charge in [0.1, 0.15) is 11.4 Å². The Bertz CT molecular complexity index is 643. The van der Waals surface area contributed by atoms with Crippen LogP contribution in [0.2, 0.25) is 0 Å². The lowest BCUT2D eigenvalue weighted by Crippen LogP contribution is -2.43. The van der Waals surface area contributed by atoms with Gasteiger partial charge < -0.3 is 14.9 Å². The third-order valence-electron chi connectivity index (χ3n) is 4.23. The number of aryl methyl sites for hydroxylation is 2. The van der Waals surface area contributed by atoms with Gasteiger partial charge in [-0.3, -0.25) is 14.4 Å². The molecule has 1 fully saturated rings. The van der Waals surface area contributed by atoms with Crippen LogP contribution in [0.5, 0.6) is 0 Å². The van der Waals surface area contributed by atoms with Gasteiger partial charge in [0.25, 0.3) is 5.91 Å². The number of nitrogens with zero attached hydrogens (tertiary/aromatic N) is 3. The van der Waals surface area contributed by atoms with Crippen molar-refractivity contribution in [2.45, 2.75) is 46.1 Å². The summed E-state index contributed by atoms with van der Waals surface area (Å²) >= 11 is 1.40. The number of amides is 2. The quantitative estimate of drug-likeness (QED) is 0.889. The van der Waals surface area contributed by atoms with Crippen LogP contribution >= 0.6 is 11.3 Å². The Morgan fingerprint density at radius 3 is 2.54 bits per heavy atom. The average molecular weight is 353 g/mol. The summed E-state index contributed by atoms with van der Waals surface area (Å²) in [4.78, 5) is 43.6. The van der Waals surface area contributed by atoms with Crippen LogP contribution in [0, 0.1) is 13.8 Å². The molecule has 2 amide bonds. The minimum atomic E-state index is -1.02. The molecule has 0 bridgehead atoms. The van der Waals surface area contributed by atoms with Gasteiger partial charge in [-0.1, -0.05) is 0 Å². The number of thiazole rings is 1. The number of carbonyl (C=O) groups excluding carboxylic acids is 2. The molecule has 1 aromatic heterocycles. The maximum Gasteiger partial charge on any atom is 0.323 e. The molecule has 7 nitrogen and oxygen atoms in total. The fourth-order valence-electron chi connectivity index (χ4n) is 3.11. The largest absolute Gasteiger partial charge is 0.480 e. The van der Waals surface area contributed by atoms with E-state index in [2.05, 4.69) is 4.98 Å². The van der Waals surface area contributed by atoms with E-state index in [9.17, 15) is 14.4 Å². The van der Waals surface area contributed by atoms with Crippen LogP contribution in [-0.2, 0) is 9.59 Å². The van der Waals surface area contributed by atoms with Gasteiger partial charge in [0.05, 0.1) is 10.7 Å². The molecule has 1 N–H and O–H groups in total. The SMILES string of the molecule is CC(=O)N(CC(=O)O)[C@@H]1CCCN(C(=O)c2sc(C)nc2C)CC1. The summed E-state index contributed by atoms with van der Waals surface area (Å²) in [5.41, 5.74) is 0.750. The molecular formula is C16H23N3O4S. The van der Waals surface area contributed by atoms with Gasteiger partial charge >= 0.3 is 5.97 Å². The minimum absolute atomic E-state index is 0.0219. The molecule has 24 heavy (non-hydrogen) atoms. The summed E-state index contributed by atoms with van der Waals surface area (Å²) in [5, 5.41) is 9.86. The maximum atomic E-state index is 12.7. The van der Waals surface area contributed by atoms with Gasteiger partial charge in [-0.05, 0) is 33.1 Å². The number of aliphatic carboxylic acids is 1. The third-order valence-corrected chi connectivity index (χ3v) is 5.29. The first-order valence-electron chi connectivity index (χ1n) is 8.02. The van der Waals surface area contributed by atoms with E-state index >= 15 is 0 Å². The second-order valence-corrected chi connectivity index (χ2v) is 7.27. The van der Waals surface area contributed by atoms with E-state index < -0.39 is 5.97 Å². The standard InChI is InChI=1S/C16H23N3O4S/c1-10-15(24-11(2)17-10)16(23)18-7-4-5-13(6-8-18)19(12(3)20)9-14(21)22/h13H,4-9H2,1-3H3,(H,21,22)/t13-/m1/s1. The molecule has 1 atom stereocenters. The second kappa shape index (κ2) is 7.74. The van der Waals surface area contributed by atoms with Gasteiger partial charge in [-0.15, -0.1) is 11.3 Å². The van der Waals surface area contributed by atoms with Crippen molar-refractivity contribution < 1.29 is 19.5 Å². The van der Waals surface area contributed by atoms with Crippen LogP contribution < -0.4 is 0 Å². The van der Waals surface area contributed by atoms with E-state index in [0.29, 0.717) is 30.8 Å². The van der Waals surface area contributed by atoms with E-state index in [-0.39, 0.29) is 24.4 Å². The highest BCUT2D eigenvalue weighted by molar-refractivity contribution is 7.13. The third kappa shape index (κ3) is 4.31. The lowest BCUT2D eigenvalue weighted by atomic mass is 10.1. The summed E-state index contributed by atoms with van der Waals surface area (Å²) in [7, 11) is 0. The molecule has 2 rings (SSSR count). The van der Waals surface area contributed by atoms with Crippen LogP contribution in [0.1, 0.15) is 46.6 Å².